The molecule has 2 fully saturated rings. The van der Waals surface area contributed by atoms with Gasteiger partial charge in [-0.05, 0) is 49.3 Å². The molecule has 0 unspecified atom stereocenters. The maximum atomic E-state index is 14.3. The fourth-order valence-electron chi connectivity index (χ4n) is 8.74. The standard InChI is InChI=1S/C49H76N12O14/c1-27(2)11-8-6-4-3-5-7-9-12-29-22-42(68)55-33(23-39(51)65)44(70)57-32(21-28-14-16-30(63)17-15-28)43(69)58-34(24-40(52)66)45(71)56-31(18-19-38(50)64)49(75)61-20-10-13-37(61)48(74)59-35(25-41(53)67)46(72)60-36(26-62)47(73)54-29/h14-17,27,29,31-37,62-63H,3-13,18-26H2,1-2H3,(H2,50,64)(H2,51,65)(H2,52,66)(H2,53,67)(H,54,73)(H,55,68)(H,56,71)(H,57,70)(H,58,69)(H,59,74)(H,60,72)/t29-,31-,32+,33-,34+,35+,36-,37-/m0/s1. The number of nitrogens with zero attached hydrogens (tertiary/aromatic N) is 1. The van der Waals surface area contributed by atoms with Crippen molar-refractivity contribution in [2.45, 2.75) is 178 Å². The predicted octanol–water partition coefficient (Wildman–Crippen LogP) is -3.23. The molecule has 416 valence electrons. The van der Waals surface area contributed by atoms with Gasteiger partial charge in [0.1, 0.15) is 48.0 Å². The third kappa shape index (κ3) is 22.3. The Morgan fingerprint density at radius 1 is 0.573 bits per heavy atom. The number of carbonyl (C=O) groups excluding carboxylic acids is 12. The molecule has 75 heavy (non-hydrogen) atoms. The number of rotatable bonds is 22. The maximum Gasteiger partial charge on any atom is 0.245 e. The summed E-state index contributed by atoms with van der Waals surface area (Å²) in [5, 5.41) is 37.3. The van der Waals surface area contributed by atoms with Gasteiger partial charge >= 0.3 is 0 Å². The van der Waals surface area contributed by atoms with Crippen molar-refractivity contribution >= 4 is 70.9 Å². The van der Waals surface area contributed by atoms with E-state index in [0.717, 1.165) is 43.4 Å². The Labute approximate surface area is 435 Å². The van der Waals surface area contributed by atoms with Gasteiger partial charge in [-0.25, -0.2) is 0 Å². The molecule has 1 aromatic carbocycles. The second-order valence-electron chi connectivity index (χ2n) is 19.5. The number of aliphatic hydroxyl groups is 1. The summed E-state index contributed by atoms with van der Waals surface area (Å²) in [6, 6.07) is -7.36. The van der Waals surface area contributed by atoms with E-state index in [-0.39, 0.29) is 38.0 Å². The van der Waals surface area contributed by atoms with Crippen LogP contribution in [0.2, 0.25) is 0 Å². The van der Waals surface area contributed by atoms with Crippen molar-refractivity contribution in [1.82, 2.24) is 42.1 Å². The Bertz CT molecular complexity index is 2190. The molecule has 26 nitrogen and oxygen atoms in total. The van der Waals surface area contributed by atoms with Crippen LogP contribution in [0.25, 0.3) is 0 Å². The number of aliphatic hydroxyl groups excluding tert-OH is 1. The van der Waals surface area contributed by atoms with Gasteiger partial charge in [0.15, 0.2) is 0 Å². The molecule has 2 heterocycles. The molecule has 8 atom stereocenters. The molecule has 17 N–H and O–H groups in total. The minimum Gasteiger partial charge on any atom is -0.508 e. The molecule has 0 spiro atoms. The minimum absolute atomic E-state index is 0.00268. The average molecular weight is 1060 g/mol. The Balaban J connectivity index is 2.12. The van der Waals surface area contributed by atoms with Crippen molar-refractivity contribution in [3.05, 3.63) is 29.8 Å². The fraction of sp³-hybridized carbons (Fsp3) is 0.633. The largest absolute Gasteiger partial charge is 0.508 e. The number of hydrogen-bond acceptors (Lipinski definition) is 14. The highest BCUT2D eigenvalue weighted by molar-refractivity contribution is 6.00. The van der Waals surface area contributed by atoms with Crippen LogP contribution in [0.5, 0.6) is 5.75 Å². The van der Waals surface area contributed by atoms with Gasteiger partial charge < -0.3 is 75.3 Å². The summed E-state index contributed by atoms with van der Waals surface area (Å²) in [5.74, 6) is -12.0. The van der Waals surface area contributed by atoms with Crippen molar-refractivity contribution in [2.24, 2.45) is 28.9 Å². The van der Waals surface area contributed by atoms with Gasteiger partial charge in [-0.2, -0.15) is 0 Å². The number of nitrogens with one attached hydrogen (secondary N) is 7. The lowest BCUT2D eigenvalue weighted by Crippen LogP contribution is -2.60. The molecule has 12 amide bonds. The zero-order valence-electron chi connectivity index (χ0n) is 42.7. The van der Waals surface area contributed by atoms with Crippen LogP contribution >= 0.6 is 0 Å². The lowest BCUT2D eigenvalue weighted by Gasteiger charge is -2.31. The summed E-state index contributed by atoms with van der Waals surface area (Å²) in [6.07, 6.45) is 3.40. The van der Waals surface area contributed by atoms with Gasteiger partial charge in [0, 0.05) is 31.8 Å². The number of nitrogens with two attached hydrogens (primary N) is 4. The number of phenols is 1. The highest BCUT2D eigenvalue weighted by Gasteiger charge is 2.41. The molecular weight excluding hydrogens is 981 g/mol. The first kappa shape index (κ1) is 61.9. The van der Waals surface area contributed by atoms with E-state index in [1.807, 2.05) is 0 Å². The SMILES string of the molecule is CC(C)CCCCCCCCC[C@H]1CC(=O)N[C@@H](CC(N)=O)C(=O)N[C@H](Cc2ccc(O)cc2)C(=O)N[C@H](CC(N)=O)C(=O)N[C@@H](CCC(N)=O)C(=O)N2CCC[C@H]2C(=O)N[C@H](CC(N)=O)C(=O)N[C@@H](CO)C(=O)N1. The molecule has 2 saturated heterocycles. The zero-order chi connectivity index (χ0) is 55.8. The van der Waals surface area contributed by atoms with E-state index in [9.17, 15) is 67.7 Å². The quantitative estimate of drug-likeness (QED) is 0.0509. The Morgan fingerprint density at radius 2 is 1.04 bits per heavy atom. The summed E-state index contributed by atoms with van der Waals surface area (Å²) in [4.78, 5) is 162. The van der Waals surface area contributed by atoms with Crippen LogP contribution in [-0.4, -0.2) is 147 Å². The van der Waals surface area contributed by atoms with Gasteiger partial charge in [0.2, 0.25) is 70.9 Å². The fourth-order valence-corrected chi connectivity index (χ4v) is 8.74. The number of fused-ring (bicyclic) bond motifs is 1. The molecule has 0 aliphatic carbocycles. The number of aromatic hydroxyl groups is 1. The van der Waals surface area contributed by atoms with Crippen molar-refractivity contribution in [2.75, 3.05) is 13.2 Å². The third-order valence-corrected chi connectivity index (χ3v) is 12.7. The highest BCUT2D eigenvalue weighted by atomic mass is 16.3. The van der Waals surface area contributed by atoms with Crippen molar-refractivity contribution in [3.8, 4) is 5.75 Å². The van der Waals surface area contributed by atoms with Crippen LogP contribution in [0.3, 0.4) is 0 Å². The third-order valence-electron chi connectivity index (χ3n) is 12.7. The van der Waals surface area contributed by atoms with Crippen LogP contribution in [0, 0.1) is 5.92 Å². The summed E-state index contributed by atoms with van der Waals surface area (Å²) in [5.41, 5.74) is 22.2. The highest BCUT2D eigenvalue weighted by Crippen LogP contribution is 2.21. The van der Waals surface area contributed by atoms with Gasteiger partial charge in [0.05, 0.1) is 25.9 Å². The monoisotopic (exact) mass is 1060 g/mol. The first-order valence-corrected chi connectivity index (χ1v) is 25.4. The topological polar surface area (TPSA) is 437 Å². The summed E-state index contributed by atoms with van der Waals surface area (Å²) in [6.45, 7) is 3.23. The van der Waals surface area contributed by atoms with Crippen LogP contribution in [0.1, 0.15) is 129 Å². The van der Waals surface area contributed by atoms with Crippen molar-refractivity contribution in [3.63, 3.8) is 0 Å². The van der Waals surface area contributed by atoms with Crippen LogP contribution in [0.4, 0.5) is 0 Å². The predicted molar refractivity (Wildman–Crippen MR) is 268 cm³/mol. The molecule has 1 aromatic rings. The Morgan fingerprint density at radius 3 is 1.57 bits per heavy atom. The number of hydrogen-bond donors (Lipinski definition) is 13. The molecule has 2 aliphatic heterocycles. The number of amides is 12. The lowest BCUT2D eigenvalue weighted by molar-refractivity contribution is -0.143. The number of unbranched alkanes of at least 4 members (excludes halogenated alkanes) is 6. The number of carbonyl (C=O) groups is 12. The van der Waals surface area contributed by atoms with E-state index >= 15 is 0 Å². The van der Waals surface area contributed by atoms with Gasteiger partial charge in [-0.1, -0.05) is 77.3 Å². The van der Waals surface area contributed by atoms with E-state index < -0.39 is 164 Å². The molecule has 2 aliphatic rings. The second kappa shape index (κ2) is 31.4. The normalized spacial score (nSPS) is 24.0. The molecule has 0 saturated carbocycles. The number of benzene rings is 1. The number of phenolic OH excluding ortho intramolecular Hbond substituents is 1. The molecular formula is C49H76N12O14. The molecule has 0 radical (unpaired) electrons. The second-order valence-corrected chi connectivity index (χ2v) is 19.5. The van der Waals surface area contributed by atoms with Gasteiger partial charge in [0.25, 0.3) is 0 Å². The molecule has 0 aromatic heterocycles. The van der Waals surface area contributed by atoms with Crippen molar-refractivity contribution < 1.29 is 67.7 Å². The molecule has 26 heteroatoms. The number of primary amides is 4. The van der Waals surface area contributed by atoms with Crippen LogP contribution in [-0.2, 0) is 64.0 Å². The van der Waals surface area contributed by atoms with E-state index in [1.54, 1.807) is 0 Å². The first-order valence-electron chi connectivity index (χ1n) is 25.4. The zero-order valence-corrected chi connectivity index (χ0v) is 42.7. The average Bonchev–Trinajstić information content (AvgIpc) is 3.83. The van der Waals surface area contributed by atoms with Gasteiger partial charge in [-0.15, -0.1) is 0 Å². The van der Waals surface area contributed by atoms with E-state index in [1.165, 1.54) is 24.3 Å². The van der Waals surface area contributed by atoms with E-state index in [0.29, 0.717) is 24.3 Å². The lowest BCUT2D eigenvalue weighted by atomic mass is 10.0. The minimum atomic E-state index is -1.86. The molecule has 0 bridgehead atoms. The van der Waals surface area contributed by atoms with Crippen LogP contribution < -0.4 is 60.2 Å². The summed E-state index contributed by atoms with van der Waals surface area (Å²) in [7, 11) is 0. The Kier molecular flexibility index (Phi) is 25.9. The first-order chi connectivity index (χ1) is 35.5. The maximum absolute atomic E-state index is 14.3. The van der Waals surface area contributed by atoms with E-state index in [2.05, 4.69) is 51.1 Å². The van der Waals surface area contributed by atoms with Gasteiger partial charge in [-0.3, -0.25) is 57.5 Å². The summed E-state index contributed by atoms with van der Waals surface area (Å²) >= 11 is 0. The Hall–Kier alpha value is -7.38. The van der Waals surface area contributed by atoms with E-state index in [4.69, 9.17) is 22.9 Å². The van der Waals surface area contributed by atoms with Crippen LogP contribution in [0.15, 0.2) is 24.3 Å². The van der Waals surface area contributed by atoms with Crippen molar-refractivity contribution in [1.29, 1.82) is 0 Å². The molecule has 3 rings (SSSR count). The smallest absolute Gasteiger partial charge is 0.245 e. The summed E-state index contributed by atoms with van der Waals surface area (Å²) < 4.78 is 0.